The molecule has 1 aliphatic rings. The molecule has 1 aromatic rings. The van der Waals surface area contributed by atoms with E-state index in [1.165, 1.54) is 16.4 Å². The molecule has 1 aliphatic heterocycles. The van der Waals surface area contributed by atoms with Crippen LogP contribution in [0.2, 0.25) is 0 Å². The van der Waals surface area contributed by atoms with Gasteiger partial charge in [0, 0.05) is 46.3 Å². The fraction of sp³-hybridized carbons (Fsp3) is 0.684. The van der Waals surface area contributed by atoms with Gasteiger partial charge in [-0.2, -0.15) is 4.31 Å². The molecule has 0 atom stereocenters. The van der Waals surface area contributed by atoms with E-state index in [2.05, 4.69) is 0 Å². The largest absolute Gasteiger partial charge is 0.460 e. The summed E-state index contributed by atoms with van der Waals surface area (Å²) < 4.78 is 47.1. The molecule has 0 bridgehead atoms. The predicted molar refractivity (Wildman–Crippen MR) is 106 cm³/mol. The molecule has 11 heteroatoms. The summed E-state index contributed by atoms with van der Waals surface area (Å²) in [7, 11) is -0.746. The van der Waals surface area contributed by atoms with Crippen LogP contribution >= 0.6 is 0 Å². The Labute approximate surface area is 177 Å². The number of amides is 1. The summed E-state index contributed by atoms with van der Waals surface area (Å²) in [6.45, 7) is 3.95. The quantitative estimate of drug-likeness (QED) is 0.462. The molecule has 170 valence electrons. The average Bonchev–Trinajstić information content (AvgIpc) is 3.25. The van der Waals surface area contributed by atoms with Gasteiger partial charge in [-0.3, -0.25) is 4.79 Å². The molecule has 1 amide bonds. The van der Waals surface area contributed by atoms with Crippen LogP contribution in [0.15, 0.2) is 21.6 Å². The number of methoxy groups -OCH3 is 2. The monoisotopic (exact) mass is 446 g/mol. The van der Waals surface area contributed by atoms with Gasteiger partial charge in [-0.1, -0.05) is 0 Å². The lowest BCUT2D eigenvalue weighted by molar-refractivity contribution is -0.138. The van der Waals surface area contributed by atoms with E-state index in [0.29, 0.717) is 39.1 Å². The first-order valence-corrected chi connectivity index (χ1v) is 11.3. The summed E-state index contributed by atoms with van der Waals surface area (Å²) in [4.78, 5) is 26.3. The van der Waals surface area contributed by atoms with Crippen molar-refractivity contribution in [3.8, 4) is 0 Å². The van der Waals surface area contributed by atoms with Crippen molar-refractivity contribution >= 4 is 21.9 Å². The van der Waals surface area contributed by atoms with Crippen LogP contribution in [0, 0.1) is 5.92 Å². The molecular weight excluding hydrogens is 416 g/mol. The van der Waals surface area contributed by atoms with Crippen molar-refractivity contribution in [2.75, 3.05) is 60.2 Å². The van der Waals surface area contributed by atoms with Crippen LogP contribution in [0.1, 0.15) is 30.3 Å². The number of carbonyl (C=O) groups is 2. The molecule has 0 unspecified atom stereocenters. The number of sulfonamides is 1. The number of carbonyl (C=O) groups excluding carboxylic acids is 2. The van der Waals surface area contributed by atoms with E-state index in [0.717, 1.165) is 0 Å². The number of ether oxygens (including phenoxy) is 3. The highest BCUT2D eigenvalue weighted by Crippen LogP contribution is 2.26. The molecule has 0 aromatic carbocycles. The lowest BCUT2D eigenvalue weighted by atomic mass is 9.96. The van der Waals surface area contributed by atoms with Crippen molar-refractivity contribution in [1.29, 1.82) is 0 Å². The molecular formula is C19H30N2O8S. The number of rotatable bonds is 11. The maximum Gasteiger partial charge on any atom is 0.374 e. The van der Waals surface area contributed by atoms with Crippen molar-refractivity contribution in [3.63, 3.8) is 0 Å². The second-order valence-electron chi connectivity index (χ2n) is 6.83. The number of furan rings is 1. The molecule has 1 aromatic heterocycles. The van der Waals surface area contributed by atoms with Gasteiger partial charge in [-0.05, 0) is 31.9 Å². The molecule has 10 nitrogen and oxygen atoms in total. The SMILES string of the molecule is CCOC(=O)c1ccc(S(=O)(=O)N2CCC(C(=O)N(CCOC)CCOC)CC2)o1. The van der Waals surface area contributed by atoms with E-state index in [4.69, 9.17) is 18.6 Å². The Kier molecular flexibility index (Phi) is 9.28. The van der Waals surface area contributed by atoms with Gasteiger partial charge in [0.15, 0.2) is 0 Å². The van der Waals surface area contributed by atoms with Gasteiger partial charge < -0.3 is 23.5 Å². The van der Waals surface area contributed by atoms with E-state index >= 15 is 0 Å². The number of hydrogen-bond acceptors (Lipinski definition) is 8. The minimum absolute atomic E-state index is 0.0243. The molecule has 0 saturated carbocycles. The van der Waals surface area contributed by atoms with E-state index < -0.39 is 16.0 Å². The summed E-state index contributed by atoms with van der Waals surface area (Å²) in [5.74, 6) is -1.16. The zero-order valence-electron chi connectivity index (χ0n) is 17.7. The summed E-state index contributed by atoms with van der Waals surface area (Å²) in [6.07, 6.45) is 0.805. The third kappa shape index (κ3) is 6.03. The molecule has 1 fully saturated rings. The first-order chi connectivity index (χ1) is 14.3. The first-order valence-electron chi connectivity index (χ1n) is 9.88. The lowest BCUT2D eigenvalue weighted by Gasteiger charge is -2.33. The minimum atomic E-state index is -3.89. The molecule has 0 spiro atoms. The molecule has 0 N–H and O–H groups in total. The standard InChI is InChI=1S/C19H30N2O8S/c1-4-28-19(23)16-5-6-17(29-16)30(24,25)21-9-7-15(8-10-21)18(22)20(11-13-26-2)12-14-27-3/h5-6,15H,4,7-14H2,1-3H3. The van der Waals surface area contributed by atoms with E-state index in [-0.39, 0.29) is 42.4 Å². The second kappa shape index (κ2) is 11.4. The highest BCUT2D eigenvalue weighted by Gasteiger charge is 2.35. The van der Waals surface area contributed by atoms with Crippen molar-refractivity contribution in [3.05, 3.63) is 17.9 Å². The van der Waals surface area contributed by atoms with Crippen molar-refractivity contribution in [2.24, 2.45) is 5.92 Å². The Bertz CT molecular complexity index is 791. The highest BCUT2D eigenvalue weighted by atomic mass is 32.2. The predicted octanol–water partition coefficient (Wildman–Crippen LogP) is 0.978. The Balaban J connectivity index is 1.99. The summed E-state index contributed by atoms with van der Waals surface area (Å²) in [5.41, 5.74) is 0. The fourth-order valence-electron chi connectivity index (χ4n) is 3.23. The summed E-state index contributed by atoms with van der Waals surface area (Å²) in [6, 6.07) is 2.53. The van der Waals surface area contributed by atoms with Gasteiger partial charge in [-0.15, -0.1) is 0 Å². The lowest BCUT2D eigenvalue weighted by Crippen LogP contribution is -2.45. The van der Waals surface area contributed by atoms with Crippen molar-refractivity contribution in [2.45, 2.75) is 24.9 Å². The van der Waals surface area contributed by atoms with Gasteiger partial charge in [-0.25, -0.2) is 13.2 Å². The van der Waals surface area contributed by atoms with Crippen LogP contribution in [0.5, 0.6) is 0 Å². The minimum Gasteiger partial charge on any atom is -0.460 e. The van der Waals surface area contributed by atoms with Crippen molar-refractivity contribution < 1.29 is 36.6 Å². The van der Waals surface area contributed by atoms with Crippen molar-refractivity contribution in [1.82, 2.24) is 9.21 Å². The average molecular weight is 447 g/mol. The maximum atomic E-state index is 12.9. The number of nitrogens with zero attached hydrogens (tertiary/aromatic N) is 2. The Hall–Kier alpha value is -1.95. The van der Waals surface area contributed by atoms with Gasteiger partial charge in [0.25, 0.3) is 10.0 Å². The molecule has 2 heterocycles. The second-order valence-corrected chi connectivity index (χ2v) is 8.70. The number of esters is 1. The fourth-order valence-corrected chi connectivity index (χ4v) is 4.62. The number of hydrogen-bond donors (Lipinski definition) is 0. The van der Waals surface area contributed by atoms with Crippen LogP contribution in [0.25, 0.3) is 0 Å². The van der Waals surface area contributed by atoms with Crippen LogP contribution in [-0.4, -0.2) is 89.7 Å². The van der Waals surface area contributed by atoms with Crippen LogP contribution in [-0.2, 0) is 29.0 Å². The topological polar surface area (TPSA) is 116 Å². The normalized spacial score (nSPS) is 15.8. The van der Waals surface area contributed by atoms with E-state index in [9.17, 15) is 18.0 Å². The summed E-state index contributed by atoms with van der Waals surface area (Å²) in [5, 5.41) is -0.308. The zero-order chi connectivity index (χ0) is 22.1. The van der Waals surface area contributed by atoms with E-state index in [1.807, 2.05) is 0 Å². The first kappa shape index (κ1) is 24.3. The van der Waals surface area contributed by atoms with Gasteiger partial charge in [0.1, 0.15) is 0 Å². The molecule has 2 rings (SSSR count). The molecule has 1 saturated heterocycles. The van der Waals surface area contributed by atoms with Gasteiger partial charge >= 0.3 is 5.97 Å². The van der Waals surface area contributed by atoms with Gasteiger partial charge in [0.05, 0.1) is 19.8 Å². The van der Waals surface area contributed by atoms with Gasteiger partial charge in [0.2, 0.25) is 16.8 Å². The highest BCUT2D eigenvalue weighted by molar-refractivity contribution is 7.89. The van der Waals surface area contributed by atoms with Crippen LogP contribution in [0.4, 0.5) is 0 Å². The third-order valence-electron chi connectivity index (χ3n) is 4.90. The van der Waals surface area contributed by atoms with Crippen LogP contribution in [0.3, 0.4) is 0 Å². The Morgan fingerprint density at radius 1 is 1.13 bits per heavy atom. The molecule has 0 radical (unpaired) electrons. The van der Waals surface area contributed by atoms with E-state index in [1.54, 1.807) is 26.0 Å². The third-order valence-corrected chi connectivity index (χ3v) is 6.67. The molecule has 30 heavy (non-hydrogen) atoms. The number of piperidine rings is 1. The Morgan fingerprint density at radius 2 is 1.73 bits per heavy atom. The molecule has 0 aliphatic carbocycles. The summed E-state index contributed by atoms with van der Waals surface area (Å²) >= 11 is 0. The maximum absolute atomic E-state index is 12.9. The zero-order valence-corrected chi connectivity index (χ0v) is 18.5. The smallest absolute Gasteiger partial charge is 0.374 e. The Morgan fingerprint density at radius 3 is 2.27 bits per heavy atom. The van der Waals surface area contributed by atoms with Crippen LogP contribution < -0.4 is 0 Å².